The van der Waals surface area contributed by atoms with Gasteiger partial charge < -0.3 is 10.8 Å². The summed E-state index contributed by atoms with van der Waals surface area (Å²) in [4.78, 5) is 12.5. The van der Waals surface area contributed by atoms with Crippen LogP contribution in [0, 0.1) is 6.92 Å². The van der Waals surface area contributed by atoms with Gasteiger partial charge in [-0.15, -0.1) is 11.3 Å². The first kappa shape index (κ1) is 15.1. The fourth-order valence-corrected chi connectivity index (χ4v) is 3.65. The summed E-state index contributed by atoms with van der Waals surface area (Å²) in [5, 5.41) is 9.25. The summed E-state index contributed by atoms with van der Waals surface area (Å²) in [6.45, 7) is 6.07. The maximum atomic E-state index is 11.3. The van der Waals surface area contributed by atoms with Crippen molar-refractivity contribution in [2.45, 2.75) is 26.7 Å². The van der Waals surface area contributed by atoms with E-state index in [9.17, 15) is 9.90 Å². The second-order valence-corrected chi connectivity index (χ2v) is 6.89. The van der Waals surface area contributed by atoms with Crippen LogP contribution in [0.1, 0.15) is 40.6 Å². The van der Waals surface area contributed by atoms with E-state index in [0.717, 1.165) is 26.0 Å². The van der Waals surface area contributed by atoms with E-state index in [1.54, 1.807) is 0 Å². The lowest BCUT2D eigenvalue weighted by molar-refractivity contribution is 0.0703. The van der Waals surface area contributed by atoms with Gasteiger partial charge in [0.25, 0.3) is 0 Å². The minimum absolute atomic E-state index is 0.179. The molecule has 3 N–H and O–H groups in total. The Balaban J connectivity index is 2.69. The maximum Gasteiger partial charge on any atom is 0.348 e. The van der Waals surface area contributed by atoms with Gasteiger partial charge in [-0.05, 0) is 41.7 Å². The molecule has 0 fully saturated rings. The molecule has 5 heteroatoms. The molecule has 106 valence electrons. The largest absolute Gasteiger partial charge is 0.477 e. The average Bonchev–Trinajstić information content (AvgIpc) is 2.70. The first-order valence-corrected chi connectivity index (χ1v) is 7.85. The van der Waals surface area contributed by atoms with Crippen LogP contribution in [0.25, 0.3) is 10.4 Å². The van der Waals surface area contributed by atoms with E-state index in [1.807, 2.05) is 39.0 Å². The molecule has 1 aromatic carbocycles. The molecule has 0 bridgehead atoms. The Morgan fingerprint density at radius 1 is 1.40 bits per heavy atom. The molecule has 0 spiro atoms. The van der Waals surface area contributed by atoms with Crippen molar-refractivity contribution in [3.63, 3.8) is 0 Å². The van der Waals surface area contributed by atoms with Crippen molar-refractivity contribution in [2.24, 2.45) is 0 Å². The van der Waals surface area contributed by atoms with Gasteiger partial charge in [0.2, 0.25) is 0 Å². The van der Waals surface area contributed by atoms with Crippen molar-refractivity contribution in [3.05, 3.63) is 38.7 Å². The minimum Gasteiger partial charge on any atom is -0.477 e. The normalized spacial score (nSPS) is 11.1. The quantitative estimate of drug-likeness (QED) is 0.825. The lowest BCUT2D eigenvalue weighted by atomic mass is 9.97. The van der Waals surface area contributed by atoms with E-state index in [-0.39, 0.29) is 10.8 Å². The SMILES string of the molecule is Cc1cc(-c2sc(C(=O)O)c(N)c2C(C)C)ccc1Br. The number of benzene rings is 1. The predicted molar refractivity (Wildman–Crippen MR) is 87.7 cm³/mol. The zero-order valence-corrected chi connectivity index (χ0v) is 13.9. The van der Waals surface area contributed by atoms with Crippen LogP contribution in [0.4, 0.5) is 5.69 Å². The Kier molecular flexibility index (Phi) is 4.20. The van der Waals surface area contributed by atoms with Gasteiger partial charge in [-0.25, -0.2) is 4.79 Å². The number of hydrogen-bond donors (Lipinski definition) is 2. The van der Waals surface area contributed by atoms with Crippen LogP contribution >= 0.6 is 27.3 Å². The lowest BCUT2D eigenvalue weighted by Gasteiger charge is -2.10. The number of hydrogen-bond acceptors (Lipinski definition) is 3. The number of thiophene rings is 1. The second-order valence-electron chi connectivity index (χ2n) is 5.01. The molecule has 0 amide bonds. The summed E-state index contributed by atoms with van der Waals surface area (Å²) in [5.74, 6) is -0.784. The summed E-state index contributed by atoms with van der Waals surface area (Å²) in [5.41, 5.74) is 9.48. The number of carboxylic acids is 1. The van der Waals surface area contributed by atoms with Gasteiger partial charge in [-0.1, -0.05) is 35.8 Å². The highest BCUT2D eigenvalue weighted by molar-refractivity contribution is 9.10. The molecule has 0 aliphatic heterocycles. The third-order valence-electron chi connectivity index (χ3n) is 3.18. The second kappa shape index (κ2) is 5.58. The summed E-state index contributed by atoms with van der Waals surface area (Å²) in [7, 11) is 0. The molecule has 2 aromatic rings. The van der Waals surface area contributed by atoms with Crippen LogP contribution in [-0.4, -0.2) is 11.1 Å². The van der Waals surface area contributed by atoms with Gasteiger partial charge in [-0.2, -0.15) is 0 Å². The van der Waals surface area contributed by atoms with Gasteiger partial charge in [-0.3, -0.25) is 0 Å². The van der Waals surface area contributed by atoms with Gasteiger partial charge in [0.15, 0.2) is 0 Å². The van der Waals surface area contributed by atoms with Crippen molar-refractivity contribution in [1.29, 1.82) is 0 Å². The molecule has 20 heavy (non-hydrogen) atoms. The third kappa shape index (κ3) is 2.60. The Bertz CT molecular complexity index is 677. The molecule has 0 aliphatic rings. The number of carbonyl (C=O) groups is 1. The number of nitrogens with two attached hydrogens (primary N) is 1. The number of aromatic carboxylic acids is 1. The fourth-order valence-electron chi connectivity index (χ4n) is 2.19. The van der Waals surface area contributed by atoms with Crippen LogP contribution in [0.3, 0.4) is 0 Å². The molecule has 3 nitrogen and oxygen atoms in total. The first-order chi connectivity index (χ1) is 9.32. The van der Waals surface area contributed by atoms with E-state index in [2.05, 4.69) is 15.9 Å². The maximum absolute atomic E-state index is 11.3. The lowest BCUT2D eigenvalue weighted by Crippen LogP contribution is -2.00. The standard InChI is InChI=1S/C15H16BrNO2S/c1-7(2)11-12(17)14(15(18)19)20-13(11)9-4-5-10(16)8(3)6-9/h4-7H,17H2,1-3H3,(H,18,19). The van der Waals surface area contributed by atoms with Gasteiger partial charge in [0.1, 0.15) is 4.88 Å². The summed E-state index contributed by atoms with van der Waals surface area (Å²) in [6.07, 6.45) is 0. The molecule has 0 radical (unpaired) electrons. The van der Waals surface area contributed by atoms with Crippen molar-refractivity contribution < 1.29 is 9.90 Å². The van der Waals surface area contributed by atoms with E-state index in [4.69, 9.17) is 5.73 Å². The molecule has 1 heterocycles. The van der Waals surface area contributed by atoms with Gasteiger partial charge >= 0.3 is 5.97 Å². The highest BCUT2D eigenvalue weighted by Gasteiger charge is 2.23. The summed E-state index contributed by atoms with van der Waals surface area (Å²) in [6, 6.07) is 6.01. The Morgan fingerprint density at radius 2 is 2.05 bits per heavy atom. The highest BCUT2D eigenvalue weighted by atomic mass is 79.9. The smallest absolute Gasteiger partial charge is 0.348 e. The van der Waals surface area contributed by atoms with E-state index >= 15 is 0 Å². The molecule has 0 aliphatic carbocycles. The summed E-state index contributed by atoms with van der Waals surface area (Å²) >= 11 is 4.73. The van der Waals surface area contributed by atoms with Crippen molar-refractivity contribution in [1.82, 2.24) is 0 Å². The topological polar surface area (TPSA) is 63.3 Å². The zero-order valence-electron chi connectivity index (χ0n) is 11.5. The van der Waals surface area contributed by atoms with Gasteiger partial charge in [0, 0.05) is 9.35 Å². The molecule has 0 atom stereocenters. The van der Waals surface area contributed by atoms with Crippen LogP contribution in [-0.2, 0) is 0 Å². The monoisotopic (exact) mass is 353 g/mol. The van der Waals surface area contributed by atoms with Gasteiger partial charge in [0.05, 0.1) is 5.69 Å². The van der Waals surface area contributed by atoms with Crippen LogP contribution in [0.15, 0.2) is 22.7 Å². The van der Waals surface area contributed by atoms with Crippen molar-refractivity contribution >= 4 is 38.9 Å². The Hall–Kier alpha value is -1.33. The number of halogens is 1. The molecule has 2 rings (SSSR count). The van der Waals surface area contributed by atoms with E-state index in [1.165, 1.54) is 11.3 Å². The molecule has 0 unspecified atom stereocenters. The molecular formula is C15H16BrNO2S. The number of aryl methyl sites for hydroxylation is 1. The predicted octanol–water partition coefficient (Wildman–Crippen LogP) is 4.89. The molecule has 0 saturated heterocycles. The fraction of sp³-hybridized carbons (Fsp3) is 0.267. The molecule has 1 aromatic heterocycles. The van der Waals surface area contributed by atoms with E-state index in [0.29, 0.717) is 5.69 Å². The summed E-state index contributed by atoms with van der Waals surface area (Å²) < 4.78 is 1.04. The highest BCUT2D eigenvalue weighted by Crippen LogP contribution is 2.43. The van der Waals surface area contributed by atoms with Crippen LogP contribution in [0.2, 0.25) is 0 Å². The Labute approximate surface area is 130 Å². The Morgan fingerprint density at radius 3 is 2.55 bits per heavy atom. The molecular weight excluding hydrogens is 338 g/mol. The van der Waals surface area contributed by atoms with E-state index < -0.39 is 5.97 Å². The number of rotatable bonds is 3. The minimum atomic E-state index is -0.963. The molecule has 0 saturated carbocycles. The van der Waals surface area contributed by atoms with Crippen molar-refractivity contribution in [2.75, 3.05) is 5.73 Å². The van der Waals surface area contributed by atoms with Crippen molar-refractivity contribution in [3.8, 4) is 10.4 Å². The first-order valence-electron chi connectivity index (χ1n) is 6.25. The number of anilines is 1. The third-order valence-corrected chi connectivity index (χ3v) is 5.32. The number of nitrogen functional groups attached to an aromatic ring is 1. The zero-order chi connectivity index (χ0) is 15.0. The average molecular weight is 354 g/mol. The number of carboxylic acid groups (broad SMARTS) is 1. The van der Waals surface area contributed by atoms with Crippen LogP contribution in [0.5, 0.6) is 0 Å². The van der Waals surface area contributed by atoms with Crippen LogP contribution < -0.4 is 5.73 Å².